The molecule has 0 atom stereocenters. The zero-order chi connectivity index (χ0) is 12.5. The van der Waals surface area contributed by atoms with Crippen LogP contribution >= 0.6 is 0 Å². The summed E-state index contributed by atoms with van der Waals surface area (Å²) < 4.78 is 0. The first-order valence-electron chi connectivity index (χ1n) is 6.37. The molecule has 5 nitrogen and oxygen atoms in total. The predicted molar refractivity (Wildman–Crippen MR) is 62.6 cm³/mol. The maximum absolute atomic E-state index is 12.3. The summed E-state index contributed by atoms with van der Waals surface area (Å²) in [5.74, 6) is -1.12. The van der Waals surface area contributed by atoms with Gasteiger partial charge in [-0.25, -0.2) is 0 Å². The summed E-state index contributed by atoms with van der Waals surface area (Å²) in [6.45, 7) is 4.36. The molecule has 0 aromatic heterocycles. The van der Waals surface area contributed by atoms with Gasteiger partial charge in [0.05, 0.1) is 0 Å². The topological polar surface area (TPSA) is 69.6 Å². The maximum atomic E-state index is 12.3. The monoisotopic (exact) mass is 240 g/mol. The average Bonchev–Trinajstić information content (AvgIpc) is 3.12. The Morgan fingerprint density at radius 2 is 1.94 bits per heavy atom. The van der Waals surface area contributed by atoms with Crippen LogP contribution in [-0.4, -0.2) is 47.6 Å². The van der Waals surface area contributed by atoms with Gasteiger partial charge in [-0.05, 0) is 45.7 Å². The molecule has 0 unspecified atom stereocenters. The third-order valence-corrected chi connectivity index (χ3v) is 3.92. The molecule has 17 heavy (non-hydrogen) atoms. The zero-order valence-corrected chi connectivity index (χ0v) is 10.2. The highest BCUT2D eigenvalue weighted by atomic mass is 16.4. The van der Waals surface area contributed by atoms with Gasteiger partial charge in [-0.1, -0.05) is 0 Å². The molecule has 5 heteroatoms. The lowest BCUT2D eigenvalue weighted by molar-refractivity contribution is -0.154. The normalized spacial score (nSPS) is 23.1. The van der Waals surface area contributed by atoms with E-state index in [0.29, 0.717) is 19.4 Å². The molecule has 0 radical (unpaired) electrons. The molecular formula is C12H20N2O3. The lowest BCUT2D eigenvalue weighted by Crippen LogP contribution is -2.50. The Hall–Kier alpha value is -1.10. The van der Waals surface area contributed by atoms with E-state index < -0.39 is 11.4 Å². The van der Waals surface area contributed by atoms with Crippen LogP contribution in [0.15, 0.2) is 0 Å². The number of nitrogens with zero attached hydrogens (tertiary/aromatic N) is 1. The first-order chi connectivity index (χ1) is 8.12. The maximum Gasteiger partial charge on any atom is 0.319 e. The van der Waals surface area contributed by atoms with Gasteiger partial charge in [-0.15, -0.1) is 0 Å². The molecule has 2 rings (SSSR count). The predicted octanol–water partition coefficient (Wildman–Crippen LogP) is 0.452. The van der Waals surface area contributed by atoms with Crippen molar-refractivity contribution in [2.24, 2.45) is 5.41 Å². The van der Waals surface area contributed by atoms with Crippen LogP contribution in [0.25, 0.3) is 0 Å². The number of carboxylic acids is 1. The van der Waals surface area contributed by atoms with Gasteiger partial charge >= 0.3 is 5.97 Å². The highest BCUT2D eigenvalue weighted by Crippen LogP contribution is 2.48. The first kappa shape index (κ1) is 12.4. The molecular weight excluding hydrogens is 220 g/mol. The Morgan fingerprint density at radius 1 is 1.35 bits per heavy atom. The number of amides is 1. The summed E-state index contributed by atoms with van der Waals surface area (Å²) in [5.41, 5.74) is -1.08. The summed E-state index contributed by atoms with van der Waals surface area (Å²) in [6.07, 6.45) is 2.86. The van der Waals surface area contributed by atoms with E-state index in [-0.39, 0.29) is 11.9 Å². The van der Waals surface area contributed by atoms with Crippen LogP contribution in [0.2, 0.25) is 0 Å². The third kappa shape index (κ3) is 2.16. The molecule has 1 saturated carbocycles. The smallest absolute Gasteiger partial charge is 0.319 e. The van der Waals surface area contributed by atoms with Gasteiger partial charge in [-0.3, -0.25) is 9.59 Å². The van der Waals surface area contributed by atoms with E-state index in [2.05, 4.69) is 5.32 Å². The summed E-state index contributed by atoms with van der Waals surface area (Å²) in [5, 5.41) is 12.4. The standard InChI is InChI=1S/C12H20N2O3/c1-2-14(9-3-7-13-8-4-9)10(15)12(5-6-12)11(16)17/h9,13H,2-8H2,1H3,(H,16,17). The Bertz CT molecular complexity index is 320. The van der Waals surface area contributed by atoms with E-state index in [1.807, 2.05) is 6.92 Å². The number of carbonyl (C=O) groups is 2. The number of carboxylic acid groups (broad SMARTS) is 1. The fourth-order valence-electron chi connectivity index (χ4n) is 2.61. The van der Waals surface area contributed by atoms with Gasteiger partial charge in [0.1, 0.15) is 5.41 Å². The van der Waals surface area contributed by atoms with Crippen LogP contribution in [-0.2, 0) is 9.59 Å². The third-order valence-electron chi connectivity index (χ3n) is 3.92. The van der Waals surface area contributed by atoms with Gasteiger partial charge in [0.25, 0.3) is 0 Å². The van der Waals surface area contributed by atoms with Gasteiger partial charge in [0.2, 0.25) is 5.91 Å². The van der Waals surface area contributed by atoms with Gasteiger partial charge in [-0.2, -0.15) is 0 Å². The number of nitrogens with one attached hydrogen (secondary N) is 1. The van der Waals surface area contributed by atoms with Crippen molar-refractivity contribution < 1.29 is 14.7 Å². The van der Waals surface area contributed by atoms with E-state index >= 15 is 0 Å². The minimum atomic E-state index is -1.08. The molecule has 2 aliphatic rings. The Morgan fingerprint density at radius 3 is 2.35 bits per heavy atom. The Labute approximate surface area is 101 Å². The Kier molecular flexibility index (Phi) is 3.38. The fourth-order valence-corrected chi connectivity index (χ4v) is 2.61. The van der Waals surface area contributed by atoms with Crippen molar-refractivity contribution in [1.29, 1.82) is 0 Å². The molecule has 0 spiro atoms. The van der Waals surface area contributed by atoms with Crippen LogP contribution in [0.1, 0.15) is 32.6 Å². The molecule has 1 aliphatic carbocycles. The molecule has 0 aromatic carbocycles. The van der Waals surface area contributed by atoms with Crippen LogP contribution in [0, 0.1) is 5.41 Å². The molecule has 0 bridgehead atoms. The van der Waals surface area contributed by atoms with Crippen molar-refractivity contribution in [3.8, 4) is 0 Å². The van der Waals surface area contributed by atoms with Crippen molar-refractivity contribution in [2.45, 2.75) is 38.6 Å². The molecule has 0 aromatic rings. The van der Waals surface area contributed by atoms with Crippen molar-refractivity contribution >= 4 is 11.9 Å². The molecule has 96 valence electrons. The summed E-state index contributed by atoms with van der Waals surface area (Å²) >= 11 is 0. The van der Waals surface area contributed by atoms with Crippen molar-refractivity contribution in [1.82, 2.24) is 10.2 Å². The number of rotatable bonds is 4. The van der Waals surface area contributed by atoms with E-state index in [0.717, 1.165) is 25.9 Å². The van der Waals surface area contributed by atoms with Crippen LogP contribution in [0.3, 0.4) is 0 Å². The number of carbonyl (C=O) groups excluding carboxylic acids is 1. The molecule has 1 aliphatic heterocycles. The van der Waals surface area contributed by atoms with Crippen molar-refractivity contribution in [3.05, 3.63) is 0 Å². The first-order valence-corrected chi connectivity index (χ1v) is 6.37. The lowest BCUT2D eigenvalue weighted by atomic mass is 10.00. The van der Waals surface area contributed by atoms with Gasteiger partial charge in [0.15, 0.2) is 0 Å². The zero-order valence-electron chi connectivity index (χ0n) is 10.2. The largest absolute Gasteiger partial charge is 0.480 e. The number of aliphatic carboxylic acids is 1. The van der Waals surface area contributed by atoms with Crippen LogP contribution < -0.4 is 5.32 Å². The second-order valence-electron chi connectivity index (χ2n) is 4.96. The average molecular weight is 240 g/mol. The SMILES string of the molecule is CCN(C(=O)C1(C(=O)O)CC1)C1CCNCC1. The second-order valence-corrected chi connectivity index (χ2v) is 4.96. The summed E-state index contributed by atoms with van der Waals surface area (Å²) in [7, 11) is 0. The molecule has 1 amide bonds. The number of hydrogen-bond acceptors (Lipinski definition) is 3. The van der Waals surface area contributed by atoms with Crippen LogP contribution in [0.4, 0.5) is 0 Å². The molecule has 2 N–H and O–H groups in total. The minimum Gasteiger partial charge on any atom is -0.480 e. The number of hydrogen-bond donors (Lipinski definition) is 2. The van der Waals surface area contributed by atoms with E-state index in [9.17, 15) is 9.59 Å². The van der Waals surface area contributed by atoms with E-state index in [1.54, 1.807) is 4.90 Å². The highest BCUT2D eigenvalue weighted by Gasteiger charge is 2.59. The van der Waals surface area contributed by atoms with Crippen molar-refractivity contribution in [2.75, 3.05) is 19.6 Å². The van der Waals surface area contributed by atoms with Crippen molar-refractivity contribution in [3.63, 3.8) is 0 Å². The highest BCUT2D eigenvalue weighted by molar-refractivity contribution is 6.04. The second kappa shape index (κ2) is 4.64. The van der Waals surface area contributed by atoms with Gasteiger partial charge < -0.3 is 15.3 Å². The quantitative estimate of drug-likeness (QED) is 0.700. The molecule has 1 heterocycles. The van der Waals surface area contributed by atoms with Gasteiger partial charge in [0, 0.05) is 12.6 Å². The van der Waals surface area contributed by atoms with E-state index in [4.69, 9.17) is 5.11 Å². The minimum absolute atomic E-state index is 0.167. The lowest BCUT2D eigenvalue weighted by Gasteiger charge is -2.35. The molecule has 2 fully saturated rings. The number of piperidine rings is 1. The summed E-state index contributed by atoms with van der Waals surface area (Å²) in [6, 6.07) is 0.213. The summed E-state index contributed by atoms with van der Waals surface area (Å²) in [4.78, 5) is 25.3. The van der Waals surface area contributed by atoms with E-state index in [1.165, 1.54) is 0 Å². The van der Waals surface area contributed by atoms with Crippen LogP contribution in [0.5, 0.6) is 0 Å². The fraction of sp³-hybridized carbons (Fsp3) is 0.833. The Balaban J connectivity index is 2.07. The molecule has 1 saturated heterocycles.